The first-order chi connectivity index (χ1) is 10.6. The van der Waals surface area contributed by atoms with E-state index in [1.807, 2.05) is 6.20 Å². The summed E-state index contributed by atoms with van der Waals surface area (Å²) in [4.78, 5) is 11.8. The van der Waals surface area contributed by atoms with Gasteiger partial charge in [0.2, 0.25) is 0 Å². The van der Waals surface area contributed by atoms with E-state index in [9.17, 15) is 0 Å². The average Bonchev–Trinajstić information content (AvgIpc) is 2.56. The molecule has 1 aliphatic rings. The number of rotatable bonds is 3. The number of nitrogens with one attached hydrogen (secondary N) is 1. The van der Waals surface area contributed by atoms with Crippen molar-refractivity contribution in [3.63, 3.8) is 0 Å². The Morgan fingerprint density at radius 2 is 1.77 bits per heavy atom. The molecular formula is C18H24N4. The van der Waals surface area contributed by atoms with Gasteiger partial charge in [0.05, 0.1) is 17.6 Å². The first-order valence-electron chi connectivity index (χ1n) is 8.05. The van der Waals surface area contributed by atoms with Crippen LogP contribution in [-0.4, -0.2) is 36.1 Å². The van der Waals surface area contributed by atoms with E-state index in [2.05, 4.69) is 60.2 Å². The largest absolute Gasteiger partial charge is 0.366 e. The summed E-state index contributed by atoms with van der Waals surface area (Å²) in [6, 6.07) is 8.61. The number of benzene rings is 1. The van der Waals surface area contributed by atoms with Gasteiger partial charge in [0, 0.05) is 37.7 Å². The molecule has 1 fully saturated rings. The van der Waals surface area contributed by atoms with Gasteiger partial charge in [-0.1, -0.05) is 43.7 Å². The molecule has 0 bridgehead atoms. The fraction of sp³-hybridized carbons (Fsp3) is 0.444. The van der Waals surface area contributed by atoms with E-state index < -0.39 is 0 Å². The lowest BCUT2D eigenvalue weighted by molar-refractivity contribution is 0.588. The third-order valence-corrected chi connectivity index (χ3v) is 4.09. The van der Waals surface area contributed by atoms with Gasteiger partial charge in [-0.15, -0.1) is 0 Å². The van der Waals surface area contributed by atoms with Crippen molar-refractivity contribution >= 4 is 5.69 Å². The van der Waals surface area contributed by atoms with Crippen LogP contribution < -0.4 is 10.2 Å². The van der Waals surface area contributed by atoms with Gasteiger partial charge in [-0.2, -0.15) is 0 Å². The van der Waals surface area contributed by atoms with E-state index in [4.69, 9.17) is 4.98 Å². The molecular weight excluding hydrogens is 272 g/mol. The van der Waals surface area contributed by atoms with E-state index in [0.29, 0.717) is 5.92 Å². The quantitative estimate of drug-likeness (QED) is 0.945. The zero-order valence-electron chi connectivity index (χ0n) is 13.6. The molecule has 1 aromatic heterocycles. The minimum atomic E-state index is 0.335. The highest BCUT2D eigenvalue weighted by Gasteiger charge is 2.18. The number of hydrogen-bond donors (Lipinski definition) is 1. The van der Waals surface area contributed by atoms with Gasteiger partial charge >= 0.3 is 0 Å². The number of hydrogen-bond acceptors (Lipinski definition) is 4. The summed E-state index contributed by atoms with van der Waals surface area (Å²) in [6.07, 6.45) is 2.00. The Hall–Kier alpha value is -1.94. The first kappa shape index (κ1) is 15.0. The van der Waals surface area contributed by atoms with Gasteiger partial charge in [0.25, 0.3) is 0 Å². The topological polar surface area (TPSA) is 41.1 Å². The number of aryl methyl sites for hydroxylation is 1. The predicted molar refractivity (Wildman–Crippen MR) is 91.4 cm³/mol. The summed E-state index contributed by atoms with van der Waals surface area (Å²) in [5.74, 6) is 1.25. The molecule has 2 heterocycles. The van der Waals surface area contributed by atoms with Crippen molar-refractivity contribution in [1.29, 1.82) is 0 Å². The van der Waals surface area contributed by atoms with Crippen LogP contribution in [0.2, 0.25) is 0 Å². The van der Waals surface area contributed by atoms with Crippen molar-refractivity contribution in [2.45, 2.75) is 26.7 Å². The number of aromatic nitrogens is 2. The summed E-state index contributed by atoms with van der Waals surface area (Å²) in [6.45, 7) is 10.4. The van der Waals surface area contributed by atoms with Gasteiger partial charge in [-0.05, 0) is 6.92 Å². The van der Waals surface area contributed by atoms with Crippen LogP contribution in [0.1, 0.15) is 31.2 Å². The molecule has 1 saturated heterocycles. The maximum Gasteiger partial charge on any atom is 0.131 e. The standard InChI is InChI=1S/C18H24N4/c1-13(2)18-20-12-16(22-10-8-19-9-11-22)17(21-18)15-6-4-14(3)5-7-15/h4-7,12-13,19H,8-11H2,1-3H3. The fourth-order valence-corrected chi connectivity index (χ4v) is 2.73. The average molecular weight is 296 g/mol. The van der Waals surface area contributed by atoms with E-state index >= 15 is 0 Å². The highest BCUT2D eigenvalue weighted by molar-refractivity contribution is 5.74. The molecule has 1 N–H and O–H groups in total. The van der Waals surface area contributed by atoms with Crippen LogP contribution in [0.3, 0.4) is 0 Å². The Balaban J connectivity index is 2.06. The number of piperazine rings is 1. The molecule has 22 heavy (non-hydrogen) atoms. The molecule has 0 atom stereocenters. The lowest BCUT2D eigenvalue weighted by Crippen LogP contribution is -2.43. The minimum absolute atomic E-state index is 0.335. The Morgan fingerprint density at radius 3 is 2.41 bits per heavy atom. The Bertz CT molecular complexity index is 628. The number of anilines is 1. The second kappa shape index (κ2) is 6.44. The molecule has 0 unspecified atom stereocenters. The van der Waals surface area contributed by atoms with Gasteiger partial charge in [-0.25, -0.2) is 9.97 Å². The van der Waals surface area contributed by atoms with Crippen molar-refractivity contribution < 1.29 is 0 Å². The van der Waals surface area contributed by atoms with Crippen molar-refractivity contribution in [3.8, 4) is 11.3 Å². The van der Waals surface area contributed by atoms with Crippen LogP contribution in [0.15, 0.2) is 30.5 Å². The Labute approximate surface area is 132 Å². The van der Waals surface area contributed by atoms with Gasteiger partial charge < -0.3 is 10.2 Å². The highest BCUT2D eigenvalue weighted by atomic mass is 15.2. The molecule has 2 aromatic rings. The van der Waals surface area contributed by atoms with E-state index in [1.54, 1.807) is 0 Å². The van der Waals surface area contributed by atoms with E-state index in [0.717, 1.165) is 43.4 Å². The molecule has 4 nitrogen and oxygen atoms in total. The maximum absolute atomic E-state index is 4.87. The molecule has 1 aromatic carbocycles. The maximum atomic E-state index is 4.87. The van der Waals surface area contributed by atoms with Gasteiger partial charge in [0.1, 0.15) is 5.82 Å². The van der Waals surface area contributed by atoms with E-state index in [1.165, 1.54) is 11.1 Å². The van der Waals surface area contributed by atoms with Crippen LogP contribution in [0.5, 0.6) is 0 Å². The van der Waals surface area contributed by atoms with Crippen LogP contribution in [0, 0.1) is 6.92 Å². The normalized spacial score (nSPS) is 15.4. The smallest absolute Gasteiger partial charge is 0.131 e. The molecule has 0 amide bonds. The molecule has 0 spiro atoms. The molecule has 3 rings (SSSR count). The fourth-order valence-electron chi connectivity index (χ4n) is 2.73. The summed E-state index contributed by atoms with van der Waals surface area (Å²) in [7, 11) is 0. The second-order valence-electron chi connectivity index (χ2n) is 6.22. The monoisotopic (exact) mass is 296 g/mol. The van der Waals surface area contributed by atoms with Crippen LogP contribution in [0.4, 0.5) is 5.69 Å². The summed E-state index contributed by atoms with van der Waals surface area (Å²) in [5.41, 5.74) is 4.64. The van der Waals surface area contributed by atoms with Crippen LogP contribution >= 0.6 is 0 Å². The molecule has 116 valence electrons. The summed E-state index contributed by atoms with van der Waals surface area (Å²) >= 11 is 0. The second-order valence-corrected chi connectivity index (χ2v) is 6.22. The predicted octanol–water partition coefficient (Wildman–Crippen LogP) is 2.99. The molecule has 0 aliphatic carbocycles. The zero-order valence-corrected chi connectivity index (χ0v) is 13.6. The molecule has 0 saturated carbocycles. The molecule has 4 heteroatoms. The molecule has 0 radical (unpaired) electrons. The highest BCUT2D eigenvalue weighted by Crippen LogP contribution is 2.30. The summed E-state index contributed by atoms with van der Waals surface area (Å²) in [5, 5.41) is 3.40. The van der Waals surface area contributed by atoms with Crippen molar-refractivity contribution in [3.05, 3.63) is 41.9 Å². The Morgan fingerprint density at radius 1 is 1.09 bits per heavy atom. The number of nitrogens with zero attached hydrogens (tertiary/aromatic N) is 3. The van der Waals surface area contributed by atoms with Gasteiger partial charge in [-0.3, -0.25) is 0 Å². The van der Waals surface area contributed by atoms with Crippen molar-refractivity contribution in [1.82, 2.24) is 15.3 Å². The first-order valence-corrected chi connectivity index (χ1v) is 8.05. The SMILES string of the molecule is Cc1ccc(-c2nc(C(C)C)ncc2N2CCNCC2)cc1. The van der Waals surface area contributed by atoms with Crippen LogP contribution in [0.25, 0.3) is 11.3 Å². The van der Waals surface area contributed by atoms with E-state index in [-0.39, 0.29) is 0 Å². The van der Waals surface area contributed by atoms with Gasteiger partial charge in [0.15, 0.2) is 0 Å². The third-order valence-electron chi connectivity index (χ3n) is 4.09. The zero-order chi connectivity index (χ0) is 15.5. The Kier molecular flexibility index (Phi) is 4.39. The van der Waals surface area contributed by atoms with Crippen molar-refractivity contribution in [2.24, 2.45) is 0 Å². The third kappa shape index (κ3) is 3.12. The lowest BCUT2D eigenvalue weighted by Gasteiger charge is -2.30. The van der Waals surface area contributed by atoms with Crippen LogP contribution in [-0.2, 0) is 0 Å². The summed E-state index contributed by atoms with van der Waals surface area (Å²) < 4.78 is 0. The minimum Gasteiger partial charge on any atom is -0.366 e. The van der Waals surface area contributed by atoms with Crippen molar-refractivity contribution in [2.75, 3.05) is 31.1 Å². The lowest BCUT2D eigenvalue weighted by atomic mass is 10.1. The molecule has 1 aliphatic heterocycles.